The van der Waals surface area contributed by atoms with Crippen LogP contribution in [0.1, 0.15) is 25.7 Å². The molecule has 1 aliphatic rings. The second-order valence-corrected chi connectivity index (χ2v) is 6.92. The van der Waals surface area contributed by atoms with Crippen molar-refractivity contribution in [1.29, 1.82) is 0 Å². The molecule has 2 amide bonds. The monoisotopic (exact) mass is 352 g/mol. The number of pyridine rings is 1. The zero-order chi connectivity index (χ0) is 17.4. The summed E-state index contributed by atoms with van der Waals surface area (Å²) < 4.78 is 1.98. The zero-order valence-corrected chi connectivity index (χ0v) is 14.2. The summed E-state index contributed by atoms with van der Waals surface area (Å²) in [7, 11) is 0. The number of hydrogen-bond donors (Lipinski definition) is 1. The molecule has 2 N–H and O–H groups in total. The molecule has 0 saturated carbocycles. The maximum absolute atomic E-state index is 12.8. The van der Waals surface area contributed by atoms with Crippen molar-refractivity contribution in [2.45, 2.75) is 13.1 Å². The highest BCUT2D eigenvalue weighted by Gasteiger charge is 2.26. The summed E-state index contributed by atoms with van der Waals surface area (Å²) in [5, 5.41) is 0. The van der Waals surface area contributed by atoms with Crippen LogP contribution in [0, 0.1) is 0 Å². The van der Waals surface area contributed by atoms with Crippen molar-refractivity contribution in [1.82, 2.24) is 14.5 Å². The summed E-state index contributed by atoms with van der Waals surface area (Å²) in [6.45, 7) is 1.66. The summed E-state index contributed by atoms with van der Waals surface area (Å²) >= 11 is 1.43. The first-order valence-electron chi connectivity index (χ1n) is 7.92. The lowest BCUT2D eigenvalue weighted by Gasteiger charge is -2.28. The van der Waals surface area contributed by atoms with Crippen LogP contribution in [0.2, 0.25) is 0 Å². The Kier molecular flexibility index (Phi) is 3.85. The van der Waals surface area contributed by atoms with E-state index in [1.54, 1.807) is 17.2 Å². The number of rotatable bonds is 3. The van der Waals surface area contributed by atoms with Crippen LogP contribution in [0.3, 0.4) is 0 Å². The molecule has 0 spiro atoms. The predicted molar refractivity (Wildman–Crippen MR) is 95.2 cm³/mol. The Morgan fingerprint density at radius 3 is 2.76 bits per heavy atom. The van der Waals surface area contributed by atoms with Crippen molar-refractivity contribution in [2.75, 3.05) is 6.54 Å². The van der Waals surface area contributed by atoms with Crippen LogP contribution in [-0.4, -0.2) is 32.8 Å². The summed E-state index contributed by atoms with van der Waals surface area (Å²) in [6, 6.07) is 11.2. The van der Waals surface area contributed by atoms with Gasteiger partial charge >= 0.3 is 0 Å². The van der Waals surface area contributed by atoms with Gasteiger partial charge in [-0.25, -0.2) is 0 Å². The zero-order valence-electron chi connectivity index (χ0n) is 13.4. The number of carbonyl (C=O) groups is 2. The molecule has 0 saturated heterocycles. The second-order valence-electron chi connectivity index (χ2n) is 5.84. The molecule has 4 rings (SSSR count). The third-order valence-corrected chi connectivity index (χ3v) is 5.41. The maximum atomic E-state index is 12.8. The number of fused-ring (bicyclic) bond motifs is 1. The van der Waals surface area contributed by atoms with E-state index in [1.807, 2.05) is 41.1 Å². The van der Waals surface area contributed by atoms with E-state index in [4.69, 9.17) is 5.73 Å². The van der Waals surface area contributed by atoms with Crippen LogP contribution < -0.4 is 5.73 Å². The number of nitrogens with zero attached hydrogens (tertiary/aromatic N) is 3. The van der Waals surface area contributed by atoms with E-state index in [9.17, 15) is 9.59 Å². The highest BCUT2D eigenvalue weighted by Crippen LogP contribution is 2.28. The maximum Gasteiger partial charge on any atom is 0.264 e. The van der Waals surface area contributed by atoms with Crippen LogP contribution in [0.4, 0.5) is 0 Å². The van der Waals surface area contributed by atoms with Gasteiger partial charge in [0, 0.05) is 25.5 Å². The lowest BCUT2D eigenvalue weighted by molar-refractivity contribution is 0.0713. The topological polar surface area (TPSA) is 81.2 Å². The van der Waals surface area contributed by atoms with Gasteiger partial charge in [0.25, 0.3) is 11.8 Å². The highest BCUT2D eigenvalue weighted by molar-refractivity contribution is 7.17. The van der Waals surface area contributed by atoms with E-state index in [0.29, 0.717) is 30.1 Å². The van der Waals surface area contributed by atoms with Gasteiger partial charge < -0.3 is 15.2 Å². The first kappa shape index (κ1) is 15.6. The van der Waals surface area contributed by atoms with E-state index in [2.05, 4.69) is 4.98 Å². The standard InChI is InChI=1S/C18H16N4O2S/c19-17(23)12-6-8-21-9-10-22(11-14(12)21)18(24)16-5-4-15(25-16)13-3-1-2-7-20-13/h1-8H,9-11H2,(H2,19,23). The Bertz CT molecular complexity index is 945. The van der Waals surface area contributed by atoms with Gasteiger partial charge in [0.05, 0.1) is 33.3 Å². The van der Waals surface area contributed by atoms with Gasteiger partial charge in [-0.05, 0) is 30.3 Å². The molecule has 126 valence electrons. The molecule has 0 atom stereocenters. The lowest BCUT2D eigenvalue weighted by atomic mass is 10.2. The summed E-state index contributed by atoms with van der Waals surface area (Å²) in [4.78, 5) is 32.1. The van der Waals surface area contributed by atoms with Crippen LogP contribution in [0.5, 0.6) is 0 Å². The molecular formula is C18H16N4O2S. The van der Waals surface area contributed by atoms with Gasteiger partial charge in [0.1, 0.15) is 0 Å². The number of hydrogen-bond acceptors (Lipinski definition) is 4. The summed E-state index contributed by atoms with van der Waals surface area (Å²) in [5.41, 5.74) is 7.56. The van der Waals surface area contributed by atoms with Gasteiger partial charge in [-0.15, -0.1) is 11.3 Å². The molecule has 0 unspecified atom stereocenters. The normalized spacial score (nSPS) is 13.5. The number of aromatic nitrogens is 2. The van der Waals surface area contributed by atoms with Crippen molar-refractivity contribution in [3.8, 4) is 10.6 Å². The predicted octanol–water partition coefficient (Wildman–Crippen LogP) is 2.37. The first-order valence-corrected chi connectivity index (χ1v) is 8.73. The van der Waals surface area contributed by atoms with Crippen molar-refractivity contribution < 1.29 is 9.59 Å². The third kappa shape index (κ3) is 2.83. The Balaban J connectivity index is 1.57. The molecule has 0 fully saturated rings. The van der Waals surface area contributed by atoms with Gasteiger partial charge in [-0.3, -0.25) is 14.6 Å². The minimum absolute atomic E-state index is 0.0324. The molecule has 4 heterocycles. The van der Waals surface area contributed by atoms with Crippen LogP contribution in [0.25, 0.3) is 10.6 Å². The van der Waals surface area contributed by atoms with Crippen LogP contribution >= 0.6 is 11.3 Å². The molecule has 7 heteroatoms. The largest absolute Gasteiger partial charge is 0.366 e. The molecule has 0 radical (unpaired) electrons. The quantitative estimate of drug-likeness (QED) is 0.786. The number of amides is 2. The minimum Gasteiger partial charge on any atom is -0.366 e. The average molecular weight is 352 g/mol. The van der Waals surface area contributed by atoms with E-state index >= 15 is 0 Å². The van der Waals surface area contributed by atoms with Crippen molar-refractivity contribution >= 4 is 23.2 Å². The molecule has 0 aromatic carbocycles. The fourth-order valence-electron chi connectivity index (χ4n) is 3.03. The van der Waals surface area contributed by atoms with Gasteiger partial charge in [0.15, 0.2) is 0 Å². The molecule has 25 heavy (non-hydrogen) atoms. The van der Waals surface area contributed by atoms with Gasteiger partial charge in [-0.1, -0.05) is 6.07 Å². The molecule has 1 aliphatic heterocycles. The van der Waals surface area contributed by atoms with E-state index < -0.39 is 5.91 Å². The third-order valence-electron chi connectivity index (χ3n) is 4.32. The average Bonchev–Trinajstić information content (AvgIpc) is 3.28. The van der Waals surface area contributed by atoms with Gasteiger partial charge in [-0.2, -0.15) is 0 Å². The summed E-state index contributed by atoms with van der Waals surface area (Å²) in [5.74, 6) is -0.494. The molecule has 0 bridgehead atoms. The fraction of sp³-hybridized carbons (Fsp3) is 0.167. The number of carbonyl (C=O) groups excluding carboxylic acids is 2. The van der Waals surface area contributed by atoms with Crippen LogP contribution in [-0.2, 0) is 13.1 Å². The molecule has 0 aliphatic carbocycles. The highest BCUT2D eigenvalue weighted by atomic mass is 32.1. The Morgan fingerprint density at radius 1 is 1.12 bits per heavy atom. The number of thiophene rings is 1. The fourth-order valence-corrected chi connectivity index (χ4v) is 3.98. The molecular weight excluding hydrogens is 336 g/mol. The van der Waals surface area contributed by atoms with Gasteiger partial charge in [0.2, 0.25) is 0 Å². The molecule has 3 aromatic rings. The SMILES string of the molecule is NC(=O)c1ccn2c1CN(C(=O)c1ccc(-c3ccccn3)s1)CC2. The smallest absolute Gasteiger partial charge is 0.264 e. The number of primary amides is 1. The Hall–Kier alpha value is -2.93. The van der Waals surface area contributed by atoms with Crippen LogP contribution in [0.15, 0.2) is 48.8 Å². The second kappa shape index (κ2) is 6.18. The number of nitrogens with two attached hydrogens (primary N) is 1. The Labute approximate surface area is 148 Å². The van der Waals surface area contributed by atoms with E-state index in [-0.39, 0.29) is 5.91 Å². The summed E-state index contributed by atoms with van der Waals surface area (Å²) in [6.07, 6.45) is 3.59. The first-order chi connectivity index (χ1) is 12.1. The van der Waals surface area contributed by atoms with E-state index in [1.165, 1.54) is 11.3 Å². The van der Waals surface area contributed by atoms with Crippen molar-refractivity contribution in [3.05, 3.63) is 64.9 Å². The van der Waals surface area contributed by atoms with E-state index in [0.717, 1.165) is 16.3 Å². The molecule has 6 nitrogen and oxygen atoms in total. The van der Waals surface area contributed by atoms with Crippen molar-refractivity contribution in [3.63, 3.8) is 0 Å². The van der Waals surface area contributed by atoms with Crippen molar-refractivity contribution in [2.24, 2.45) is 5.73 Å². The lowest BCUT2D eigenvalue weighted by Crippen LogP contribution is -2.38. The Morgan fingerprint density at radius 2 is 2.00 bits per heavy atom. The minimum atomic E-state index is -0.461. The molecule has 3 aromatic heterocycles.